The van der Waals surface area contributed by atoms with Crippen LogP contribution in [0.25, 0.3) is 0 Å². The second-order valence-electron chi connectivity index (χ2n) is 6.32. The number of hydrogen-bond acceptors (Lipinski definition) is 4. The van der Waals surface area contributed by atoms with Gasteiger partial charge in [-0.25, -0.2) is 9.87 Å². The first kappa shape index (κ1) is 17.4. The van der Waals surface area contributed by atoms with E-state index in [0.717, 1.165) is 11.1 Å². The van der Waals surface area contributed by atoms with Gasteiger partial charge in [0.1, 0.15) is 18.2 Å². The highest BCUT2D eigenvalue weighted by Gasteiger charge is 2.27. The third kappa shape index (κ3) is 3.65. The Hall–Kier alpha value is -2.44. The minimum atomic E-state index is -0.569. The molecule has 2 aromatic rings. The van der Waals surface area contributed by atoms with Crippen LogP contribution in [0.3, 0.4) is 0 Å². The summed E-state index contributed by atoms with van der Waals surface area (Å²) in [5, 5.41) is 8.78. The van der Waals surface area contributed by atoms with E-state index in [2.05, 4.69) is 18.7 Å². The van der Waals surface area contributed by atoms with Crippen molar-refractivity contribution in [3.8, 4) is 5.75 Å². The van der Waals surface area contributed by atoms with E-state index >= 15 is 0 Å². The minimum Gasteiger partial charge on any atom is -0.492 e. The number of fused-ring (bicyclic) bond motifs is 1. The lowest BCUT2D eigenvalue weighted by molar-refractivity contribution is 0.0706. The van der Waals surface area contributed by atoms with Gasteiger partial charge in [-0.15, -0.1) is 0 Å². The van der Waals surface area contributed by atoms with Gasteiger partial charge < -0.3 is 4.74 Å². The molecule has 6 heteroatoms. The quantitative estimate of drug-likeness (QED) is 0.663. The van der Waals surface area contributed by atoms with Gasteiger partial charge in [0.05, 0.1) is 0 Å². The van der Waals surface area contributed by atoms with Crippen LogP contribution in [0.15, 0.2) is 42.5 Å². The maximum Gasteiger partial charge on any atom is 0.274 e. The van der Waals surface area contributed by atoms with E-state index in [9.17, 15) is 9.18 Å². The second kappa shape index (κ2) is 7.21. The van der Waals surface area contributed by atoms with Crippen molar-refractivity contribution in [2.75, 3.05) is 6.61 Å². The van der Waals surface area contributed by atoms with E-state index in [4.69, 9.17) is 9.94 Å². The average Bonchev–Trinajstić information content (AvgIpc) is 2.79. The zero-order valence-corrected chi connectivity index (χ0v) is 14.2. The van der Waals surface area contributed by atoms with Crippen LogP contribution in [-0.2, 0) is 6.54 Å². The van der Waals surface area contributed by atoms with Crippen molar-refractivity contribution in [1.82, 2.24) is 10.4 Å². The fourth-order valence-corrected chi connectivity index (χ4v) is 3.14. The highest BCUT2D eigenvalue weighted by molar-refractivity contribution is 5.93. The van der Waals surface area contributed by atoms with Crippen LogP contribution in [0, 0.1) is 5.82 Å². The Labute approximate surface area is 146 Å². The summed E-state index contributed by atoms with van der Waals surface area (Å²) in [5.74, 6) is -0.176. The molecule has 2 aromatic carbocycles. The van der Waals surface area contributed by atoms with Gasteiger partial charge in [-0.2, -0.15) is 0 Å². The number of rotatable bonds is 3. The van der Waals surface area contributed by atoms with E-state index in [-0.39, 0.29) is 17.9 Å². The van der Waals surface area contributed by atoms with E-state index in [0.29, 0.717) is 24.5 Å². The van der Waals surface area contributed by atoms with Crippen LogP contribution >= 0.6 is 0 Å². The molecule has 1 aliphatic rings. The molecule has 0 fully saturated rings. The molecule has 25 heavy (non-hydrogen) atoms. The Bertz CT molecular complexity index is 764. The van der Waals surface area contributed by atoms with Gasteiger partial charge in [-0.05, 0) is 43.7 Å². The molecule has 132 valence electrons. The van der Waals surface area contributed by atoms with Crippen molar-refractivity contribution in [2.24, 2.45) is 0 Å². The van der Waals surface area contributed by atoms with Crippen molar-refractivity contribution in [3.05, 3.63) is 65.0 Å². The summed E-state index contributed by atoms with van der Waals surface area (Å²) in [6.07, 6.45) is 0. The minimum absolute atomic E-state index is 0.0885. The Morgan fingerprint density at radius 2 is 2.04 bits per heavy atom. The number of nitrogens with zero attached hydrogens (tertiary/aromatic N) is 1. The van der Waals surface area contributed by atoms with Gasteiger partial charge in [0.15, 0.2) is 0 Å². The lowest BCUT2D eigenvalue weighted by atomic mass is 10.0. The van der Waals surface area contributed by atoms with Crippen LogP contribution in [0.2, 0.25) is 0 Å². The molecule has 5 nitrogen and oxygen atoms in total. The van der Waals surface area contributed by atoms with Crippen molar-refractivity contribution in [3.63, 3.8) is 0 Å². The smallest absolute Gasteiger partial charge is 0.274 e. The highest BCUT2D eigenvalue weighted by atomic mass is 19.1. The van der Waals surface area contributed by atoms with Crippen molar-refractivity contribution in [1.29, 1.82) is 0 Å². The van der Waals surface area contributed by atoms with Gasteiger partial charge in [0.25, 0.3) is 5.91 Å². The SMILES string of the molecule is CC(c1ccc(F)cc1)N1Cc2ccc(C(=O)NO)cc2OC[C@@H]1C. The fraction of sp³-hybridized carbons (Fsp3) is 0.316. The number of ether oxygens (including phenoxy) is 1. The van der Waals surface area contributed by atoms with Crippen LogP contribution < -0.4 is 10.2 Å². The predicted molar refractivity (Wildman–Crippen MR) is 91.0 cm³/mol. The third-order valence-corrected chi connectivity index (χ3v) is 4.68. The van der Waals surface area contributed by atoms with Crippen LogP contribution in [0.4, 0.5) is 4.39 Å². The lowest BCUT2D eigenvalue weighted by Crippen LogP contribution is -2.36. The largest absolute Gasteiger partial charge is 0.492 e. The molecule has 0 saturated carbocycles. The normalized spacial score (nSPS) is 18.6. The van der Waals surface area contributed by atoms with E-state index < -0.39 is 5.91 Å². The molecule has 0 spiro atoms. The molecule has 0 aliphatic carbocycles. The predicted octanol–water partition coefficient (Wildman–Crippen LogP) is 3.29. The first-order chi connectivity index (χ1) is 12.0. The molecular weight excluding hydrogens is 323 g/mol. The molecule has 1 amide bonds. The Morgan fingerprint density at radius 1 is 1.32 bits per heavy atom. The summed E-state index contributed by atoms with van der Waals surface area (Å²) >= 11 is 0. The van der Waals surface area contributed by atoms with Gasteiger partial charge in [0, 0.05) is 29.8 Å². The van der Waals surface area contributed by atoms with E-state index in [1.807, 2.05) is 6.07 Å². The molecule has 0 saturated heterocycles. The Kier molecular flexibility index (Phi) is 5.01. The topological polar surface area (TPSA) is 61.8 Å². The van der Waals surface area contributed by atoms with Crippen molar-refractivity contribution < 1.29 is 19.1 Å². The summed E-state index contributed by atoms with van der Waals surface area (Å²) in [6, 6.07) is 11.9. The Morgan fingerprint density at radius 3 is 2.72 bits per heavy atom. The number of halogens is 1. The van der Waals surface area contributed by atoms with Crippen molar-refractivity contribution >= 4 is 5.91 Å². The number of carbonyl (C=O) groups excluding carboxylic acids is 1. The molecule has 0 bridgehead atoms. The first-order valence-electron chi connectivity index (χ1n) is 8.21. The number of hydrogen-bond donors (Lipinski definition) is 2. The number of amides is 1. The molecule has 0 aromatic heterocycles. The Balaban J connectivity index is 1.87. The zero-order valence-electron chi connectivity index (χ0n) is 14.2. The zero-order chi connectivity index (χ0) is 18.0. The molecule has 1 heterocycles. The maximum atomic E-state index is 13.2. The molecular formula is C19H21FN2O3. The number of carbonyl (C=O) groups is 1. The highest BCUT2D eigenvalue weighted by Crippen LogP contribution is 2.32. The summed E-state index contributed by atoms with van der Waals surface area (Å²) in [5.41, 5.74) is 3.97. The second-order valence-corrected chi connectivity index (χ2v) is 6.32. The molecule has 1 unspecified atom stereocenters. The average molecular weight is 344 g/mol. The molecule has 0 radical (unpaired) electrons. The van der Waals surface area contributed by atoms with Gasteiger partial charge in [0.2, 0.25) is 0 Å². The standard InChI is InChI=1S/C19H21FN2O3/c1-12-11-25-18-9-15(19(23)21-24)3-4-16(18)10-22(12)13(2)14-5-7-17(20)8-6-14/h3-9,12-13,24H,10-11H2,1-2H3,(H,21,23)/t12-,13?/m0/s1. The van der Waals surface area contributed by atoms with E-state index in [1.165, 1.54) is 12.1 Å². The molecule has 2 atom stereocenters. The van der Waals surface area contributed by atoms with Gasteiger partial charge in [-0.3, -0.25) is 14.9 Å². The van der Waals surface area contributed by atoms with Crippen LogP contribution in [0.1, 0.15) is 41.4 Å². The first-order valence-corrected chi connectivity index (χ1v) is 8.21. The van der Waals surface area contributed by atoms with Crippen molar-refractivity contribution in [2.45, 2.75) is 32.5 Å². The summed E-state index contributed by atoms with van der Waals surface area (Å²) in [7, 11) is 0. The van der Waals surface area contributed by atoms with Gasteiger partial charge >= 0.3 is 0 Å². The maximum absolute atomic E-state index is 13.2. The number of benzene rings is 2. The molecule has 1 aliphatic heterocycles. The summed E-state index contributed by atoms with van der Waals surface area (Å²) in [6.45, 7) is 5.29. The number of nitrogens with one attached hydrogen (secondary N) is 1. The molecule has 2 N–H and O–H groups in total. The van der Waals surface area contributed by atoms with Crippen LogP contribution in [0.5, 0.6) is 5.75 Å². The molecule has 3 rings (SSSR count). The van der Waals surface area contributed by atoms with Gasteiger partial charge in [-0.1, -0.05) is 18.2 Å². The van der Waals surface area contributed by atoms with E-state index in [1.54, 1.807) is 29.7 Å². The lowest BCUT2D eigenvalue weighted by Gasteiger charge is -2.32. The summed E-state index contributed by atoms with van der Waals surface area (Å²) < 4.78 is 19.0. The van der Waals surface area contributed by atoms with Crippen LogP contribution in [-0.4, -0.2) is 28.7 Å². The monoisotopic (exact) mass is 344 g/mol. The summed E-state index contributed by atoms with van der Waals surface area (Å²) in [4.78, 5) is 13.9. The fourth-order valence-electron chi connectivity index (χ4n) is 3.14. The number of hydroxylamine groups is 1. The third-order valence-electron chi connectivity index (χ3n) is 4.68.